The number of alkyl halides is 3. The average molecular weight is 423 g/mol. The molecule has 5 nitrogen and oxygen atoms in total. The average Bonchev–Trinajstić information content (AvgIpc) is 2.67. The molecular formula is C20H20F3N3O2S. The molecule has 1 saturated heterocycles. The predicted molar refractivity (Wildman–Crippen MR) is 110 cm³/mol. The Morgan fingerprint density at radius 1 is 1.07 bits per heavy atom. The van der Waals surface area contributed by atoms with Gasteiger partial charge in [-0.15, -0.1) is 0 Å². The van der Waals surface area contributed by atoms with Gasteiger partial charge in [0.15, 0.2) is 5.11 Å². The van der Waals surface area contributed by atoms with Crippen molar-refractivity contribution in [3.63, 3.8) is 0 Å². The van der Waals surface area contributed by atoms with E-state index in [1.54, 1.807) is 19.1 Å². The van der Waals surface area contributed by atoms with Crippen molar-refractivity contribution < 1.29 is 23.1 Å². The van der Waals surface area contributed by atoms with E-state index in [1.807, 2.05) is 9.80 Å². The zero-order chi connectivity index (χ0) is 21.2. The number of halogens is 3. The van der Waals surface area contributed by atoms with Crippen molar-refractivity contribution in [3.8, 4) is 0 Å². The summed E-state index contributed by atoms with van der Waals surface area (Å²) < 4.78 is 38.1. The van der Waals surface area contributed by atoms with Crippen LogP contribution >= 0.6 is 12.2 Å². The predicted octanol–water partition coefficient (Wildman–Crippen LogP) is 4.23. The lowest BCUT2D eigenvalue weighted by Crippen LogP contribution is -2.50. The molecule has 1 aliphatic rings. The van der Waals surface area contributed by atoms with E-state index in [1.165, 1.54) is 18.2 Å². The number of benzene rings is 2. The lowest BCUT2D eigenvalue weighted by Gasteiger charge is -2.37. The van der Waals surface area contributed by atoms with Gasteiger partial charge in [-0.05, 0) is 67.2 Å². The monoisotopic (exact) mass is 423 g/mol. The molecule has 2 N–H and O–H groups in total. The van der Waals surface area contributed by atoms with E-state index in [0.29, 0.717) is 42.5 Å². The van der Waals surface area contributed by atoms with Crippen LogP contribution in [0.2, 0.25) is 0 Å². The van der Waals surface area contributed by atoms with Gasteiger partial charge in [-0.25, -0.2) is 4.79 Å². The summed E-state index contributed by atoms with van der Waals surface area (Å²) in [5.74, 6) is -0.976. The number of aromatic carboxylic acids is 1. The number of piperazine rings is 1. The van der Waals surface area contributed by atoms with Gasteiger partial charge in [0, 0.05) is 37.6 Å². The van der Waals surface area contributed by atoms with Gasteiger partial charge in [-0.1, -0.05) is 0 Å². The first-order valence-corrected chi connectivity index (χ1v) is 9.38. The number of thiocarbonyl (C=S) groups is 1. The number of rotatable bonds is 3. The summed E-state index contributed by atoms with van der Waals surface area (Å²) in [6.45, 7) is 4.23. The minimum absolute atomic E-state index is 0.242. The van der Waals surface area contributed by atoms with Crippen molar-refractivity contribution in [2.45, 2.75) is 13.1 Å². The van der Waals surface area contributed by atoms with Crippen LogP contribution in [0.5, 0.6) is 0 Å². The van der Waals surface area contributed by atoms with Crippen LogP contribution in [0.3, 0.4) is 0 Å². The summed E-state index contributed by atoms with van der Waals surface area (Å²) in [4.78, 5) is 15.1. The van der Waals surface area contributed by atoms with Crippen molar-refractivity contribution in [2.24, 2.45) is 0 Å². The van der Waals surface area contributed by atoms with E-state index >= 15 is 0 Å². The van der Waals surface area contributed by atoms with Crippen LogP contribution in [0, 0.1) is 6.92 Å². The fraction of sp³-hybridized carbons (Fsp3) is 0.300. The van der Waals surface area contributed by atoms with E-state index < -0.39 is 17.7 Å². The Balaban J connectivity index is 1.57. The molecule has 2 aromatic carbocycles. The highest BCUT2D eigenvalue weighted by Gasteiger charge is 2.30. The van der Waals surface area contributed by atoms with Crippen LogP contribution in [0.25, 0.3) is 0 Å². The SMILES string of the molecule is Cc1cc(NC(=S)N2CCN(c3ccc(C(F)(F)F)cc3)CC2)ccc1C(=O)O. The number of nitrogens with zero attached hydrogens (tertiary/aromatic N) is 2. The van der Waals surface area contributed by atoms with E-state index in [0.717, 1.165) is 17.8 Å². The fourth-order valence-corrected chi connectivity index (χ4v) is 3.51. The summed E-state index contributed by atoms with van der Waals surface area (Å²) >= 11 is 5.45. The molecule has 0 spiro atoms. The first kappa shape index (κ1) is 20.9. The maximum atomic E-state index is 12.7. The Bertz CT molecular complexity index is 908. The first-order valence-electron chi connectivity index (χ1n) is 8.97. The summed E-state index contributed by atoms with van der Waals surface area (Å²) in [6, 6.07) is 10.1. The summed E-state index contributed by atoms with van der Waals surface area (Å²) in [6.07, 6.45) is -4.34. The lowest BCUT2D eigenvalue weighted by atomic mass is 10.1. The van der Waals surface area contributed by atoms with Crippen molar-refractivity contribution in [2.75, 3.05) is 36.4 Å². The molecule has 9 heteroatoms. The van der Waals surface area contributed by atoms with Gasteiger partial charge in [-0.3, -0.25) is 0 Å². The highest BCUT2D eigenvalue weighted by atomic mass is 32.1. The molecule has 0 bridgehead atoms. The standard InChI is InChI=1S/C20H20F3N3O2S/c1-13-12-15(4-7-17(13)18(27)28)24-19(29)26-10-8-25(9-11-26)16-5-2-14(3-6-16)20(21,22)23/h2-7,12H,8-11H2,1H3,(H,24,29)(H,27,28). The number of anilines is 2. The number of carboxylic acids is 1. The number of nitrogens with one attached hydrogen (secondary N) is 1. The number of carbonyl (C=O) groups is 1. The normalized spacial score (nSPS) is 14.6. The molecule has 0 aliphatic carbocycles. The van der Waals surface area contributed by atoms with Crippen molar-refractivity contribution in [1.82, 2.24) is 4.90 Å². The quantitative estimate of drug-likeness (QED) is 0.721. The molecule has 1 aliphatic heterocycles. The van der Waals surface area contributed by atoms with Crippen LogP contribution in [0.4, 0.5) is 24.5 Å². The first-order chi connectivity index (χ1) is 13.6. The molecule has 1 fully saturated rings. The number of aryl methyl sites for hydroxylation is 1. The van der Waals surface area contributed by atoms with Crippen LogP contribution in [-0.2, 0) is 6.18 Å². The second-order valence-corrected chi connectivity index (χ2v) is 7.17. The number of carboxylic acid groups (broad SMARTS) is 1. The molecule has 2 aromatic rings. The third-order valence-corrected chi connectivity index (χ3v) is 5.20. The van der Waals surface area contributed by atoms with E-state index in [4.69, 9.17) is 17.3 Å². The molecule has 0 aromatic heterocycles. The second-order valence-electron chi connectivity index (χ2n) is 6.78. The van der Waals surface area contributed by atoms with Crippen LogP contribution < -0.4 is 10.2 Å². The zero-order valence-corrected chi connectivity index (χ0v) is 16.5. The van der Waals surface area contributed by atoms with E-state index in [2.05, 4.69) is 5.32 Å². The molecule has 3 rings (SSSR count). The minimum atomic E-state index is -4.34. The van der Waals surface area contributed by atoms with Gasteiger partial charge in [-0.2, -0.15) is 13.2 Å². The van der Waals surface area contributed by atoms with Crippen molar-refractivity contribution >= 4 is 34.7 Å². The molecular weight excluding hydrogens is 403 g/mol. The van der Waals surface area contributed by atoms with Gasteiger partial charge >= 0.3 is 12.1 Å². The molecule has 0 unspecified atom stereocenters. The fourth-order valence-electron chi connectivity index (χ4n) is 3.21. The smallest absolute Gasteiger partial charge is 0.416 e. The van der Waals surface area contributed by atoms with Crippen LogP contribution in [0.15, 0.2) is 42.5 Å². The molecule has 0 atom stereocenters. The van der Waals surface area contributed by atoms with Crippen molar-refractivity contribution in [3.05, 3.63) is 59.2 Å². The highest BCUT2D eigenvalue weighted by molar-refractivity contribution is 7.80. The summed E-state index contributed by atoms with van der Waals surface area (Å²) in [7, 11) is 0. The second kappa shape index (κ2) is 8.28. The molecule has 154 valence electrons. The molecule has 0 saturated carbocycles. The Hall–Kier alpha value is -2.81. The van der Waals surface area contributed by atoms with Gasteiger partial charge in [0.05, 0.1) is 11.1 Å². The largest absolute Gasteiger partial charge is 0.478 e. The Morgan fingerprint density at radius 2 is 1.69 bits per heavy atom. The zero-order valence-electron chi connectivity index (χ0n) is 15.7. The van der Waals surface area contributed by atoms with Gasteiger partial charge < -0.3 is 20.2 Å². The topological polar surface area (TPSA) is 55.8 Å². The molecule has 0 radical (unpaired) electrons. The summed E-state index contributed by atoms with van der Waals surface area (Å²) in [5, 5.41) is 12.7. The van der Waals surface area contributed by atoms with E-state index in [-0.39, 0.29) is 5.56 Å². The van der Waals surface area contributed by atoms with Crippen LogP contribution in [0.1, 0.15) is 21.5 Å². The van der Waals surface area contributed by atoms with Gasteiger partial charge in [0.25, 0.3) is 0 Å². The van der Waals surface area contributed by atoms with Gasteiger partial charge in [0.1, 0.15) is 0 Å². The highest BCUT2D eigenvalue weighted by Crippen LogP contribution is 2.30. The maximum Gasteiger partial charge on any atom is 0.416 e. The minimum Gasteiger partial charge on any atom is -0.478 e. The third kappa shape index (κ3) is 4.97. The number of hydrogen-bond acceptors (Lipinski definition) is 3. The molecule has 1 heterocycles. The lowest BCUT2D eigenvalue weighted by molar-refractivity contribution is -0.137. The molecule has 29 heavy (non-hydrogen) atoms. The van der Waals surface area contributed by atoms with E-state index in [9.17, 15) is 18.0 Å². The Labute approximate surface area is 171 Å². The Morgan fingerprint density at radius 3 is 2.21 bits per heavy atom. The summed E-state index contributed by atoms with van der Waals surface area (Å²) in [5.41, 5.74) is 1.68. The third-order valence-electron chi connectivity index (χ3n) is 4.83. The maximum absolute atomic E-state index is 12.7. The van der Waals surface area contributed by atoms with Crippen LogP contribution in [-0.4, -0.2) is 47.3 Å². The van der Waals surface area contributed by atoms with Crippen molar-refractivity contribution in [1.29, 1.82) is 0 Å². The van der Waals surface area contributed by atoms with Gasteiger partial charge in [0.2, 0.25) is 0 Å². The number of hydrogen-bond donors (Lipinski definition) is 2. The Kier molecular flexibility index (Phi) is 5.97. The molecule has 0 amide bonds.